The molecule has 1 heterocycles. The molecule has 0 aliphatic carbocycles. The van der Waals surface area contributed by atoms with Crippen molar-refractivity contribution in [2.45, 2.75) is 23.0 Å². The van der Waals surface area contributed by atoms with Crippen molar-refractivity contribution in [1.82, 2.24) is 0 Å². The van der Waals surface area contributed by atoms with Crippen LogP contribution in [0.3, 0.4) is 0 Å². The second kappa shape index (κ2) is 1.66. The standard InChI is InChI=1S/C4H8S2/c1-3-5-4(2)6-3/h3-4H,1-2H3. The molecule has 1 aliphatic heterocycles. The number of hydrogen-bond acceptors (Lipinski definition) is 2. The second-order valence-electron chi connectivity index (χ2n) is 1.41. The van der Waals surface area contributed by atoms with Gasteiger partial charge in [0.15, 0.2) is 0 Å². The first-order chi connectivity index (χ1) is 2.79. The van der Waals surface area contributed by atoms with E-state index >= 15 is 0 Å². The summed E-state index contributed by atoms with van der Waals surface area (Å²) in [7, 11) is 0. The quantitative estimate of drug-likeness (QED) is 0.480. The summed E-state index contributed by atoms with van der Waals surface area (Å²) in [6.07, 6.45) is 0. The first kappa shape index (κ1) is 4.85. The molecule has 0 aromatic heterocycles. The van der Waals surface area contributed by atoms with Crippen LogP contribution in [0.5, 0.6) is 0 Å². The van der Waals surface area contributed by atoms with Crippen LogP contribution in [-0.2, 0) is 0 Å². The van der Waals surface area contributed by atoms with Crippen molar-refractivity contribution in [2.75, 3.05) is 0 Å². The Bertz CT molecular complexity index is 41.5. The van der Waals surface area contributed by atoms with Crippen molar-refractivity contribution < 1.29 is 0 Å². The summed E-state index contributed by atoms with van der Waals surface area (Å²) in [6.45, 7) is 4.49. The topological polar surface area (TPSA) is 0 Å². The molecule has 0 atom stereocenters. The minimum atomic E-state index is 0.875. The fraction of sp³-hybridized carbons (Fsp3) is 1.00. The van der Waals surface area contributed by atoms with Gasteiger partial charge in [-0.05, 0) is 13.8 Å². The lowest BCUT2D eigenvalue weighted by Crippen LogP contribution is -2.10. The Labute approximate surface area is 47.1 Å². The van der Waals surface area contributed by atoms with E-state index in [1.54, 1.807) is 0 Å². The summed E-state index contributed by atoms with van der Waals surface area (Å²) in [5.74, 6) is 0. The van der Waals surface area contributed by atoms with E-state index in [9.17, 15) is 0 Å². The summed E-state index contributed by atoms with van der Waals surface area (Å²) in [4.78, 5) is 0. The molecule has 2 heteroatoms. The van der Waals surface area contributed by atoms with E-state index in [4.69, 9.17) is 0 Å². The third kappa shape index (κ3) is 0.850. The summed E-state index contributed by atoms with van der Waals surface area (Å²) >= 11 is 4.09. The minimum Gasteiger partial charge on any atom is -0.134 e. The Morgan fingerprint density at radius 2 is 1.33 bits per heavy atom. The van der Waals surface area contributed by atoms with Gasteiger partial charge in [0.25, 0.3) is 0 Å². The first-order valence-electron chi connectivity index (χ1n) is 2.10. The molecular formula is C4H8S2. The van der Waals surface area contributed by atoms with E-state index < -0.39 is 0 Å². The molecule has 1 fully saturated rings. The molecular weight excluding hydrogens is 112 g/mol. The summed E-state index contributed by atoms with van der Waals surface area (Å²) < 4.78 is 1.75. The fourth-order valence-electron chi connectivity index (χ4n) is 0.550. The van der Waals surface area contributed by atoms with Crippen LogP contribution >= 0.6 is 23.5 Å². The highest BCUT2D eigenvalue weighted by Crippen LogP contribution is 2.45. The van der Waals surface area contributed by atoms with Crippen LogP contribution < -0.4 is 0 Å². The van der Waals surface area contributed by atoms with E-state index in [0.717, 1.165) is 9.16 Å². The van der Waals surface area contributed by atoms with Crippen LogP contribution in [0.2, 0.25) is 0 Å². The molecule has 6 heavy (non-hydrogen) atoms. The van der Waals surface area contributed by atoms with E-state index in [1.807, 2.05) is 23.5 Å². The molecule has 1 aliphatic rings. The van der Waals surface area contributed by atoms with Gasteiger partial charge in [-0.3, -0.25) is 0 Å². The molecule has 0 bridgehead atoms. The average molecular weight is 120 g/mol. The Kier molecular flexibility index (Phi) is 1.34. The van der Waals surface area contributed by atoms with E-state index in [2.05, 4.69) is 13.8 Å². The second-order valence-corrected chi connectivity index (χ2v) is 5.38. The van der Waals surface area contributed by atoms with Gasteiger partial charge in [-0.15, -0.1) is 23.5 Å². The number of thioether (sulfide) groups is 2. The van der Waals surface area contributed by atoms with Crippen molar-refractivity contribution in [2.24, 2.45) is 0 Å². The normalized spacial score (nSPS) is 45.0. The van der Waals surface area contributed by atoms with E-state index in [-0.39, 0.29) is 0 Å². The summed E-state index contributed by atoms with van der Waals surface area (Å²) in [6, 6.07) is 0. The fourth-order valence-corrected chi connectivity index (χ4v) is 3.32. The largest absolute Gasteiger partial charge is 0.134 e. The van der Waals surface area contributed by atoms with Crippen LogP contribution in [0.4, 0.5) is 0 Å². The Hall–Kier alpha value is 0.700. The number of rotatable bonds is 0. The van der Waals surface area contributed by atoms with Crippen LogP contribution in [0, 0.1) is 0 Å². The van der Waals surface area contributed by atoms with Gasteiger partial charge in [-0.1, -0.05) is 0 Å². The van der Waals surface area contributed by atoms with Crippen molar-refractivity contribution in [3.63, 3.8) is 0 Å². The van der Waals surface area contributed by atoms with Gasteiger partial charge in [-0.25, -0.2) is 0 Å². The maximum absolute atomic E-state index is 2.25. The molecule has 0 aromatic rings. The van der Waals surface area contributed by atoms with Crippen LogP contribution in [0.15, 0.2) is 0 Å². The molecule has 0 nitrogen and oxygen atoms in total. The Balaban J connectivity index is 2.11. The zero-order valence-electron chi connectivity index (χ0n) is 3.97. The molecule has 0 amide bonds. The average Bonchev–Trinajstić information content (AvgIpc) is 1.33. The van der Waals surface area contributed by atoms with Gasteiger partial charge < -0.3 is 0 Å². The molecule has 0 spiro atoms. The third-order valence-electron chi connectivity index (χ3n) is 0.767. The van der Waals surface area contributed by atoms with Crippen LogP contribution in [0.1, 0.15) is 13.8 Å². The molecule has 0 radical (unpaired) electrons. The summed E-state index contributed by atoms with van der Waals surface area (Å²) in [5, 5.41) is 0. The van der Waals surface area contributed by atoms with Gasteiger partial charge in [0.2, 0.25) is 0 Å². The molecule has 0 N–H and O–H groups in total. The molecule has 1 rings (SSSR count). The molecule has 0 saturated carbocycles. The van der Waals surface area contributed by atoms with Crippen molar-refractivity contribution in [1.29, 1.82) is 0 Å². The number of hydrogen-bond donors (Lipinski definition) is 0. The van der Waals surface area contributed by atoms with Gasteiger partial charge in [0.1, 0.15) is 0 Å². The summed E-state index contributed by atoms with van der Waals surface area (Å²) in [5.41, 5.74) is 0. The highest BCUT2D eigenvalue weighted by molar-refractivity contribution is 8.33. The van der Waals surface area contributed by atoms with Gasteiger partial charge in [0.05, 0.1) is 0 Å². The monoisotopic (exact) mass is 120 g/mol. The Morgan fingerprint density at radius 3 is 1.33 bits per heavy atom. The van der Waals surface area contributed by atoms with Gasteiger partial charge in [0, 0.05) is 9.16 Å². The molecule has 36 valence electrons. The maximum atomic E-state index is 2.25. The highest BCUT2D eigenvalue weighted by atomic mass is 32.3. The third-order valence-corrected chi connectivity index (χ3v) is 3.63. The minimum absolute atomic E-state index is 0.875. The van der Waals surface area contributed by atoms with E-state index in [1.165, 1.54) is 0 Å². The van der Waals surface area contributed by atoms with Crippen LogP contribution in [0.25, 0.3) is 0 Å². The predicted molar refractivity (Wildman–Crippen MR) is 34.1 cm³/mol. The lowest BCUT2D eigenvalue weighted by atomic mass is 10.9. The smallest absolute Gasteiger partial charge is 0.0496 e. The molecule has 1 saturated heterocycles. The zero-order chi connectivity index (χ0) is 4.57. The first-order valence-corrected chi connectivity index (χ1v) is 3.98. The Morgan fingerprint density at radius 1 is 1.00 bits per heavy atom. The van der Waals surface area contributed by atoms with Crippen molar-refractivity contribution in [3.05, 3.63) is 0 Å². The van der Waals surface area contributed by atoms with Gasteiger partial charge >= 0.3 is 0 Å². The molecule has 0 aromatic carbocycles. The van der Waals surface area contributed by atoms with Crippen molar-refractivity contribution >= 4 is 23.5 Å². The zero-order valence-corrected chi connectivity index (χ0v) is 5.60. The lowest BCUT2D eigenvalue weighted by Gasteiger charge is -2.27. The highest BCUT2D eigenvalue weighted by Gasteiger charge is 2.21. The van der Waals surface area contributed by atoms with Crippen molar-refractivity contribution in [3.8, 4) is 0 Å². The lowest BCUT2D eigenvalue weighted by molar-refractivity contribution is 1.28. The molecule has 0 unspecified atom stereocenters. The van der Waals surface area contributed by atoms with Crippen LogP contribution in [-0.4, -0.2) is 9.16 Å². The van der Waals surface area contributed by atoms with E-state index in [0.29, 0.717) is 0 Å². The SMILES string of the molecule is CC1SC(C)S1. The maximum Gasteiger partial charge on any atom is 0.0496 e. The van der Waals surface area contributed by atoms with Gasteiger partial charge in [-0.2, -0.15) is 0 Å². The predicted octanol–water partition coefficient (Wildman–Crippen LogP) is 2.16.